The van der Waals surface area contributed by atoms with Crippen molar-refractivity contribution in [2.75, 3.05) is 32.2 Å². The monoisotopic (exact) mass is 428 g/mol. The van der Waals surface area contributed by atoms with E-state index in [0.29, 0.717) is 18.0 Å². The molecule has 28 heavy (non-hydrogen) atoms. The number of methoxy groups -OCH3 is 1. The first-order valence-electron chi connectivity index (χ1n) is 9.81. The van der Waals surface area contributed by atoms with Crippen LogP contribution in [-0.2, 0) is 21.2 Å². The van der Waals surface area contributed by atoms with Crippen molar-refractivity contribution in [2.24, 2.45) is 0 Å². The summed E-state index contributed by atoms with van der Waals surface area (Å²) >= 11 is 6.11. The van der Waals surface area contributed by atoms with E-state index in [-0.39, 0.29) is 36.0 Å². The van der Waals surface area contributed by atoms with Crippen molar-refractivity contribution in [3.63, 3.8) is 0 Å². The van der Waals surface area contributed by atoms with Crippen molar-refractivity contribution in [1.29, 1.82) is 0 Å². The molecule has 2 aliphatic rings. The predicted molar refractivity (Wildman–Crippen MR) is 110 cm³/mol. The van der Waals surface area contributed by atoms with Gasteiger partial charge in [-0.15, -0.1) is 0 Å². The van der Waals surface area contributed by atoms with Gasteiger partial charge in [0.2, 0.25) is 5.91 Å². The number of carbonyl (C=O) groups is 1. The van der Waals surface area contributed by atoms with Crippen molar-refractivity contribution in [1.82, 2.24) is 9.80 Å². The van der Waals surface area contributed by atoms with E-state index >= 15 is 0 Å². The fourth-order valence-corrected chi connectivity index (χ4v) is 6.32. The van der Waals surface area contributed by atoms with E-state index in [1.165, 1.54) is 0 Å². The van der Waals surface area contributed by atoms with Crippen LogP contribution in [0.4, 0.5) is 0 Å². The Hall–Kier alpha value is -1.31. The lowest BCUT2D eigenvalue weighted by molar-refractivity contribution is -0.136. The van der Waals surface area contributed by atoms with Crippen molar-refractivity contribution in [3.05, 3.63) is 28.8 Å². The minimum Gasteiger partial charge on any atom is -0.496 e. The largest absolute Gasteiger partial charge is 0.496 e. The molecule has 0 N–H and O–H groups in total. The average molecular weight is 429 g/mol. The summed E-state index contributed by atoms with van der Waals surface area (Å²) < 4.78 is 29.3. The van der Waals surface area contributed by atoms with E-state index in [1.54, 1.807) is 13.2 Å². The summed E-state index contributed by atoms with van der Waals surface area (Å²) in [7, 11) is 0.464. The summed E-state index contributed by atoms with van der Waals surface area (Å²) in [6.45, 7) is 0.764. The number of benzene rings is 1. The topological polar surface area (TPSA) is 66.9 Å². The van der Waals surface area contributed by atoms with Crippen LogP contribution in [0, 0.1) is 0 Å². The van der Waals surface area contributed by atoms with Gasteiger partial charge in [-0.3, -0.25) is 9.69 Å². The standard InChI is InChI=1S/C20H29ClN2O4S/c1-22(12-15-11-16(21)7-8-19(15)27-2)13-20(24)23(17-5-3-4-6-17)18-9-10-28(25,26)14-18/h7-8,11,17-18H,3-6,9-10,12-14H2,1-2H3/t18-/m0/s1. The van der Waals surface area contributed by atoms with Crippen molar-refractivity contribution < 1.29 is 17.9 Å². The number of sulfone groups is 1. The quantitative estimate of drug-likeness (QED) is 0.668. The molecule has 1 aromatic rings. The number of hydrogen-bond acceptors (Lipinski definition) is 5. The van der Waals surface area contributed by atoms with Crippen LogP contribution in [0.2, 0.25) is 5.02 Å². The van der Waals surface area contributed by atoms with E-state index in [2.05, 4.69) is 0 Å². The van der Waals surface area contributed by atoms with Gasteiger partial charge in [-0.2, -0.15) is 0 Å². The molecule has 1 amide bonds. The van der Waals surface area contributed by atoms with Crippen molar-refractivity contribution in [2.45, 2.75) is 50.7 Å². The highest BCUT2D eigenvalue weighted by Gasteiger charge is 2.39. The fraction of sp³-hybridized carbons (Fsp3) is 0.650. The summed E-state index contributed by atoms with van der Waals surface area (Å²) in [5.41, 5.74) is 0.918. The Balaban J connectivity index is 1.70. The molecule has 156 valence electrons. The Kier molecular flexibility index (Phi) is 6.89. The number of nitrogens with zero attached hydrogens (tertiary/aromatic N) is 2. The third kappa shape index (κ3) is 5.19. The lowest BCUT2D eigenvalue weighted by Crippen LogP contribution is -2.50. The Morgan fingerprint density at radius 1 is 1.21 bits per heavy atom. The van der Waals surface area contributed by atoms with Crippen LogP contribution in [0.5, 0.6) is 5.75 Å². The maximum absolute atomic E-state index is 13.2. The van der Waals surface area contributed by atoms with Crippen LogP contribution >= 0.6 is 11.6 Å². The molecule has 1 aliphatic heterocycles. The number of hydrogen-bond donors (Lipinski definition) is 0. The van der Waals surface area contributed by atoms with Gasteiger partial charge in [0.05, 0.1) is 25.2 Å². The van der Waals surface area contributed by atoms with Gasteiger partial charge in [0.25, 0.3) is 0 Å². The first kappa shape index (κ1) is 21.4. The normalized spacial score (nSPS) is 21.9. The zero-order chi connectivity index (χ0) is 20.3. The number of carbonyl (C=O) groups excluding carboxylic acids is 1. The highest BCUT2D eigenvalue weighted by atomic mass is 35.5. The molecule has 0 aromatic heterocycles. The van der Waals surface area contributed by atoms with Gasteiger partial charge in [0.1, 0.15) is 5.75 Å². The molecule has 6 nitrogen and oxygen atoms in total. The van der Waals surface area contributed by atoms with E-state index in [1.807, 2.05) is 29.0 Å². The Labute approximate surface area is 172 Å². The smallest absolute Gasteiger partial charge is 0.237 e. The van der Waals surface area contributed by atoms with Crippen molar-refractivity contribution in [3.8, 4) is 5.75 Å². The number of amides is 1. The lowest BCUT2D eigenvalue weighted by atomic mass is 10.1. The van der Waals surface area contributed by atoms with Crippen molar-refractivity contribution >= 4 is 27.3 Å². The highest BCUT2D eigenvalue weighted by molar-refractivity contribution is 7.91. The fourth-order valence-electron chi connectivity index (χ4n) is 4.41. The van der Waals surface area contributed by atoms with Gasteiger partial charge in [0, 0.05) is 29.2 Å². The summed E-state index contributed by atoms with van der Waals surface area (Å²) in [5, 5.41) is 0.624. The highest BCUT2D eigenvalue weighted by Crippen LogP contribution is 2.29. The van der Waals surface area contributed by atoms with Gasteiger partial charge in [-0.25, -0.2) is 8.42 Å². The number of halogens is 1. The zero-order valence-electron chi connectivity index (χ0n) is 16.6. The maximum Gasteiger partial charge on any atom is 0.237 e. The van der Waals surface area contributed by atoms with Crippen LogP contribution in [0.3, 0.4) is 0 Å². The summed E-state index contributed by atoms with van der Waals surface area (Å²) in [6.07, 6.45) is 4.69. The zero-order valence-corrected chi connectivity index (χ0v) is 18.1. The second kappa shape index (κ2) is 9.01. The molecule has 2 fully saturated rings. The molecule has 1 aliphatic carbocycles. The van der Waals surface area contributed by atoms with Crippen LogP contribution in [-0.4, -0.2) is 68.4 Å². The third-order valence-corrected chi connectivity index (χ3v) is 7.68. The SMILES string of the molecule is COc1ccc(Cl)cc1CN(C)CC(=O)N(C1CCCC1)[C@H]1CCS(=O)(=O)C1. The minimum absolute atomic E-state index is 0.0116. The maximum atomic E-state index is 13.2. The molecule has 1 heterocycles. The molecule has 1 saturated carbocycles. The number of likely N-dealkylation sites (N-methyl/N-ethyl adjacent to an activating group) is 1. The van der Waals surface area contributed by atoms with E-state index in [4.69, 9.17) is 16.3 Å². The molecule has 1 aromatic carbocycles. The van der Waals surface area contributed by atoms with E-state index < -0.39 is 9.84 Å². The number of rotatable bonds is 7. The second-order valence-electron chi connectivity index (χ2n) is 7.92. The lowest BCUT2D eigenvalue weighted by Gasteiger charge is -2.35. The van der Waals surface area contributed by atoms with Crippen LogP contribution in [0.15, 0.2) is 18.2 Å². The molecule has 1 saturated heterocycles. The molecular formula is C20H29ClN2O4S. The molecule has 1 atom stereocenters. The molecule has 8 heteroatoms. The average Bonchev–Trinajstić information content (AvgIpc) is 3.25. The molecule has 0 bridgehead atoms. The van der Waals surface area contributed by atoms with E-state index in [9.17, 15) is 13.2 Å². The van der Waals surface area contributed by atoms with Gasteiger partial charge in [-0.1, -0.05) is 24.4 Å². The third-order valence-electron chi connectivity index (χ3n) is 5.70. The molecule has 0 unspecified atom stereocenters. The van der Waals surface area contributed by atoms with E-state index in [0.717, 1.165) is 37.0 Å². The molecule has 3 rings (SSSR count). The Morgan fingerprint density at radius 3 is 2.54 bits per heavy atom. The first-order valence-corrected chi connectivity index (χ1v) is 12.0. The van der Waals surface area contributed by atoms with Gasteiger partial charge in [-0.05, 0) is 44.5 Å². The first-order chi connectivity index (χ1) is 13.3. The number of ether oxygens (including phenoxy) is 1. The summed E-state index contributed by atoms with van der Waals surface area (Å²) in [4.78, 5) is 17.0. The van der Waals surface area contributed by atoms with Gasteiger partial charge >= 0.3 is 0 Å². The summed E-state index contributed by atoms with van der Waals surface area (Å²) in [5.74, 6) is 1.03. The van der Waals surface area contributed by atoms with Crippen LogP contribution < -0.4 is 4.74 Å². The molecule has 0 radical (unpaired) electrons. The predicted octanol–water partition coefficient (Wildman–Crippen LogP) is 2.74. The summed E-state index contributed by atoms with van der Waals surface area (Å²) in [6, 6.07) is 5.42. The minimum atomic E-state index is -3.03. The van der Waals surface area contributed by atoms with Crippen LogP contribution in [0.25, 0.3) is 0 Å². The Morgan fingerprint density at radius 2 is 1.93 bits per heavy atom. The van der Waals surface area contributed by atoms with Gasteiger partial charge in [0.15, 0.2) is 9.84 Å². The second-order valence-corrected chi connectivity index (χ2v) is 10.6. The Bertz CT molecular complexity index is 808. The molecule has 0 spiro atoms. The molecular weight excluding hydrogens is 400 g/mol. The van der Waals surface area contributed by atoms with Crippen LogP contribution in [0.1, 0.15) is 37.7 Å². The van der Waals surface area contributed by atoms with Gasteiger partial charge < -0.3 is 9.64 Å².